The number of halogens is 1. The Kier molecular flexibility index (Phi) is 5.28. The average Bonchev–Trinajstić information content (AvgIpc) is 2.57. The highest BCUT2D eigenvalue weighted by Crippen LogP contribution is 2.23. The van der Waals surface area contributed by atoms with Crippen LogP contribution in [0.5, 0.6) is 0 Å². The van der Waals surface area contributed by atoms with E-state index in [0.717, 1.165) is 15.7 Å². The van der Waals surface area contributed by atoms with E-state index in [4.69, 9.17) is 0 Å². The predicted molar refractivity (Wildman–Crippen MR) is 103 cm³/mol. The molecule has 3 rings (SSSR count). The molecular formula is C19H18BrN3O2. The van der Waals surface area contributed by atoms with Gasteiger partial charge in [-0.15, -0.1) is 0 Å². The predicted octanol–water partition coefficient (Wildman–Crippen LogP) is 3.96. The zero-order chi connectivity index (χ0) is 17.8. The Morgan fingerprint density at radius 1 is 1.24 bits per heavy atom. The second-order valence-electron chi connectivity index (χ2n) is 5.91. The van der Waals surface area contributed by atoms with E-state index in [-0.39, 0.29) is 11.5 Å². The summed E-state index contributed by atoms with van der Waals surface area (Å²) in [4.78, 5) is 31.3. The molecule has 0 spiro atoms. The summed E-state index contributed by atoms with van der Waals surface area (Å²) in [6, 6.07) is 13.0. The molecule has 1 amide bonds. The van der Waals surface area contributed by atoms with Crippen LogP contribution in [0.1, 0.15) is 24.2 Å². The Morgan fingerprint density at radius 2 is 2.04 bits per heavy atom. The number of benzene rings is 2. The van der Waals surface area contributed by atoms with E-state index in [0.29, 0.717) is 36.0 Å². The number of anilines is 1. The summed E-state index contributed by atoms with van der Waals surface area (Å²) in [5, 5.41) is 3.46. The van der Waals surface area contributed by atoms with Crippen molar-refractivity contribution in [2.75, 3.05) is 5.32 Å². The summed E-state index contributed by atoms with van der Waals surface area (Å²) in [5.41, 5.74) is 2.41. The fourth-order valence-corrected chi connectivity index (χ4v) is 3.20. The quantitative estimate of drug-likeness (QED) is 0.681. The number of fused-ring (bicyclic) bond motifs is 1. The molecule has 2 N–H and O–H groups in total. The molecule has 2 aromatic carbocycles. The molecule has 0 fully saturated rings. The summed E-state index contributed by atoms with van der Waals surface area (Å²) in [6.45, 7) is 1.99. The zero-order valence-corrected chi connectivity index (χ0v) is 15.4. The minimum atomic E-state index is -0.145. The maximum atomic E-state index is 12.1. The van der Waals surface area contributed by atoms with E-state index in [2.05, 4.69) is 31.2 Å². The molecule has 0 bridgehead atoms. The van der Waals surface area contributed by atoms with Gasteiger partial charge >= 0.3 is 0 Å². The van der Waals surface area contributed by atoms with Crippen LogP contribution in [0.2, 0.25) is 0 Å². The fraction of sp³-hybridized carbons (Fsp3) is 0.211. The fourth-order valence-electron chi connectivity index (χ4n) is 2.60. The van der Waals surface area contributed by atoms with E-state index in [1.54, 1.807) is 6.07 Å². The Morgan fingerprint density at radius 3 is 2.84 bits per heavy atom. The maximum absolute atomic E-state index is 12.1. The minimum Gasteiger partial charge on any atom is -0.325 e. The number of amides is 1. The number of carbonyl (C=O) groups is 1. The number of aromatic amines is 1. The van der Waals surface area contributed by atoms with Crippen molar-refractivity contribution in [3.05, 3.63) is 68.7 Å². The molecule has 0 unspecified atom stereocenters. The number of rotatable bonds is 5. The van der Waals surface area contributed by atoms with Crippen molar-refractivity contribution < 1.29 is 4.79 Å². The number of aromatic nitrogens is 2. The van der Waals surface area contributed by atoms with Crippen LogP contribution in [0.25, 0.3) is 10.9 Å². The summed E-state index contributed by atoms with van der Waals surface area (Å²) < 4.78 is 0.862. The molecule has 3 aromatic rings. The first kappa shape index (κ1) is 17.4. The molecule has 0 aliphatic rings. The highest BCUT2D eigenvalue weighted by Gasteiger charge is 2.08. The SMILES string of the molecule is Cc1ccc(NC(=O)CCCc2nc3ccccc3c(=O)[nH]2)c(Br)c1. The van der Waals surface area contributed by atoms with E-state index in [1.807, 2.05) is 43.3 Å². The van der Waals surface area contributed by atoms with E-state index < -0.39 is 0 Å². The van der Waals surface area contributed by atoms with Crippen molar-refractivity contribution >= 4 is 38.4 Å². The molecule has 0 radical (unpaired) electrons. The molecule has 6 heteroatoms. The average molecular weight is 400 g/mol. The lowest BCUT2D eigenvalue weighted by Crippen LogP contribution is -2.14. The van der Waals surface area contributed by atoms with Gasteiger partial charge in [0.1, 0.15) is 5.82 Å². The second kappa shape index (κ2) is 7.61. The third-order valence-electron chi connectivity index (χ3n) is 3.88. The molecule has 0 saturated carbocycles. The van der Waals surface area contributed by atoms with Gasteiger partial charge in [-0.1, -0.05) is 18.2 Å². The number of H-pyrrole nitrogens is 1. The van der Waals surface area contributed by atoms with E-state index >= 15 is 0 Å². The molecule has 5 nitrogen and oxygen atoms in total. The monoisotopic (exact) mass is 399 g/mol. The van der Waals surface area contributed by atoms with Gasteiger partial charge < -0.3 is 10.3 Å². The first-order valence-corrected chi connectivity index (χ1v) is 8.86. The van der Waals surface area contributed by atoms with Gasteiger partial charge in [0, 0.05) is 17.3 Å². The standard InChI is InChI=1S/C19H18BrN3O2/c1-12-9-10-16(14(20)11-12)22-18(24)8-4-7-17-21-15-6-3-2-5-13(15)19(25)23-17/h2-3,5-6,9-11H,4,7-8H2,1H3,(H,22,24)(H,21,23,25). The highest BCUT2D eigenvalue weighted by molar-refractivity contribution is 9.10. The van der Waals surface area contributed by atoms with Crippen LogP contribution in [0.15, 0.2) is 51.7 Å². The van der Waals surface area contributed by atoms with Gasteiger partial charge in [0.25, 0.3) is 5.56 Å². The Hall–Kier alpha value is -2.47. The first-order valence-electron chi connectivity index (χ1n) is 8.07. The number of carbonyl (C=O) groups excluding carboxylic acids is 1. The maximum Gasteiger partial charge on any atom is 0.258 e. The van der Waals surface area contributed by atoms with Crippen molar-refractivity contribution in [3.63, 3.8) is 0 Å². The Labute approximate surface area is 153 Å². The second-order valence-corrected chi connectivity index (χ2v) is 6.77. The number of hydrogen-bond acceptors (Lipinski definition) is 3. The molecule has 0 aliphatic carbocycles. The molecule has 1 heterocycles. The summed E-state index contributed by atoms with van der Waals surface area (Å²) in [6.07, 6.45) is 1.51. The van der Waals surface area contributed by atoms with Crippen molar-refractivity contribution in [1.82, 2.24) is 9.97 Å². The van der Waals surface area contributed by atoms with Gasteiger partial charge in [-0.3, -0.25) is 9.59 Å². The summed E-state index contributed by atoms with van der Waals surface area (Å²) in [7, 11) is 0. The molecule has 0 saturated heterocycles. The molecular weight excluding hydrogens is 382 g/mol. The van der Waals surface area contributed by atoms with Gasteiger partial charge in [0.15, 0.2) is 0 Å². The van der Waals surface area contributed by atoms with Crippen LogP contribution >= 0.6 is 15.9 Å². The largest absolute Gasteiger partial charge is 0.325 e. The summed E-state index contributed by atoms with van der Waals surface area (Å²) in [5.74, 6) is 0.542. The van der Waals surface area contributed by atoms with Crippen LogP contribution in [0.4, 0.5) is 5.69 Å². The lowest BCUT2D eigenvalue weighted by Gasteiger charge is -2.08. The third kappa shape index (κ3) is 4.33. The smallest absolute Gasteiger partial charge is 0.258 e. The van der Waals surface area contributed by atoms with Crippen molar-refractivity contribution in [3.8, 4) is 0 Å². The first-order chi connectivity index (χ1) is 12.0. The third-order valence-corrected chi connectivity index (χ3v) is 4.53. The summed E-state index contributed by atoms with van der Waals surface area (Å²) >= 11 is 3.45. The minimum absolute atomic E-state index is 0.0623. The molecule has 0 atom stereocenters. The molecule has 1 aromatic heterocycles. The lowest BCUT2D eigenvalue weighted by atomic mass is 10.2. The molecule has 128 valence electrons. The van der Waals surface area contributed by atoms with Crippen LogP contribution in [-0.2, 0) is 11.2 Å². The topological polar surface area (TPSA) is 74.8 Å². The molecule has 25 heavy (non-hydrogen) atoms. The van der Waals surface area contributed by atoms with Gasteiger partial charge in [-0.2, -0.15) is 0 Å². The van der Waals surface area contributed by atoms with Crippen LogP contribution < -0.4 is 10.9 Å². The normalized spacial score (nSPS) is 10.8. The van der Waals surface area contributed by atoms with Gasteiger partial charge in [-0.05, 0) is 59.1 Å². The number of para-hydroxylation sites is 1. The van der Waals surface area contributed by atoms with Crippen LogP contribution in [0, 0.1) is 6.92 Å². The van der Waals surface area contributed by atoms with Gasteiger partial charge in [-0.25, -0.2) is 4.98 Å². The zero-order valence-electron chi connectivity index (χ0n) is 13.8. The van der Waals surface area contributed by atoms with Crippen molar-refractivity contribution in [2.45, 2.75) is 26.2 Å². The van der Waals surface area contributed by atoms with E-state index in [9.17, 15) is 9.59 Å². The number of aryl methyl sites for hydroxylation is 2. The Bertz CT molecular complexity index is 982. The lowest BCUT2D eigenvalue weighted by molar-refractivity contribution is -0.116. The van der Waals surface area contributed by atoms with Crippen molar-refractivity contribution in [1.29, 1.82) is 0 Å². The highest BCUT2D eigenvalue weighted by atomic mass is 79.9. The van der Waals surface area contributed by atoms with Crippen molar-refractivity contribution in [2.24, 2.45) is 0 Å². The van der Waals surface area contributed by atoms with Crippen LogP contribution in [-0.4, -0.2) is 15.9 Å². The van der Waals surface area contributed by atoms with Crippen LogP contribution in [0.3, 0.4) is 0 Å². The number of hydrogen-bond donors (Lipinski definition) is 2. The number of nitrogens with one attached hydrogen (secondary N) is 2. The van der Waals surface area contributed by atoms with Gasteiger partial charge in [0.2, 0.25) is 5.91 Å². The van der Waals surface area contributed by atoms with Gasteiger partial charge in [0.05, 0.1) is 16.6 Å². The Balaban J connectivity index is 1.59. The van der Waals surface area contributed by atoms with E-state index in [1.165, 1.54) is 0 Å². The number of nitrogens with zero attached hydrogens (tertiary/aromatic N) is 1. The molecule has 0 aliphatic heterocycles.